The summed E-state index contributed by atoms with van der Waals surface area (Å²) in [5.41, 5.74) is 2.93. The van der Waals surface area contributed by atoms with E-state index >= 15 is 0 Å². The molecule has 0 saturated carbocycles. The molecule has 1 amide bonds. The third-order valence-corrected chi connectivity index (χ3v) is 5.65. The van der Waals surface area contributed by atoms with Crippen LogP contribution < -0.4 is 5.32 Å². The predicted octanol–water partition coefficient (Wildman–Crippen LogP) is 4.59. The zero-order chi connectivity index (χ0) is 18.6. The molecule has 4 aromatic rings. The maximum Gasteiger partial charge on any atom is 0.242 e. The number of carbonyl (C=O) groups is 1. The number of anilines is 1. The van der Waals surface area contributed by atoms with Crippen molar-refractivity contribution in [2.45, 2.75) is 10.3 Å². The molecule has 1 atom stereocenters. The second-order valence-corrected chi connectivity index (χ2v) is 7.69. The van der Waals surface area contributed by atoms with Crippen LogP contribution in [0, 0.1) is 0 Å². The normalized spacial score (nSPS) is 12.0. The fourth-order valence-corrected chi connectivity index (χ4v) is 3.91. The van der Waals surface area contributed by atoms with E-state index in [4.69, 9.17) is 0 Å². The number of halogens is 1. The van der Waals surface area contributed by atoms with Gasteiger partial charge in [-0.15, -0.1) is 0 Å². The molecule has 2 heterocycles. The van der Waals surface area contributed by atoms with Gasteiger partial charge in [0, 0.05) is 10.2 Å². The summed E-state index contributed by atoms with van der Waals surface area (Å²) in [6.07, 6.45) is 3.03. The van der Waals surface area contributed by atoms with Crippen molar-refractivity contribution >= 4 is 50.5 Å². The molecular formula is C19H14BrN5OS. The number of nitrogens with zero attached hydrogens (tertiary/aromatic N) is 3. The summed E-state index contributed by atoms with van der Waals surface area (Å²) in [6.45, 7) is 0. The molecule has 2 N–H and O–H groups in total. The molecule has 0 saturated heterocycles. The van der Waals surface area contributed by atoms with Crippen molar-refractivity contribution in [2.24, 2.45) is 0 Å². The summed E-state index contributed by atoms with van der Waals surface area (Å²) in [6, 6.07) is 17.1. The van der Waals surface area contributed by atoms with E-state index in [1.807, 2.05) is 54.6 Å². The molecule has 0 bridgehead atoms. The summed E-state index contributed by atoms with van der Waals surface area (Å²) in [5.74, 6) is -0.125. The van der Waals surface area contributed by atoms with Gasteiger partial charge < -0.3 is 10.3 Å². The standard InChI is InChI=1S/C19H14BrN5OS/c20-13-6-8-14(9-7-13)25-18(26)16(12-4-2-1-3-5-12)27-19-15-17(22-10-21-15)23-11-24-19/h1-11,16H,(H,25,26)(H,21,22,23,24). The number of fused-ring (bicyclic) bond motifs is 1. The third-order valence-electron chi connectivity index (χ3n) is 3.87. The average Bonchev–Trinajstić information content (AvgIpc) is 3.18. The van der Waals surface area contributed by atoms with Crippen LogP contribution in [0.25, 0.3) is 11.2 Å². The molecule has 8 heteroatoms. The van der Waals surface area contributed by atoms with Crippen molar-refractivity contribution in [3.63, 3.8) is 0 Å². The molecule has 0 radical (unpaired) electrons. The molecule has 6 nitrogen and oxygen atoms in total. The van der Waals surface area contributed by atoms with Crippen molar-refractivity contribution < 1.29 is 4.79 Å². The number of carbonyl (C=O) groups excluding carboxylic acids is 1. The Morgan fingerprint density at radius 1 is 1.04 bits per heavy atom. The second-order valence-electron chi connectivity index (χ2n) is 5.68. The van der Waals surface area contributed by atoms with E-state index in [0.29, 0.717) is 10.7 Å². The molecule has 0 spiro atoms. The minimum absolute atomic E-state index is 0.125. The molecule has 134 valence electrons. The Hall–Kier alpha value is -2.71. The molecule has 0 fully saturated rings. The Kier molecular flexibility index (Phi) is 5.17. The maximum absolute atomic E-state index is 13.1. The Labute approximate surface area is 168 Å². The first kappa shape index (κ1) is 17.7. The first-order valence-electron chi connectivity index (χ1n) is 8.13. The summed E-state index contributed by atoms with van der Waals surface area (Å²) >= 11 is 4.76. The minimum atomic E-state index is -0.476. The number of rotatable bonds is 5. The third kappa shape index (κ3) is 4.01. The average molecular weight is 440 g/mol. The van der Waals surface area contributed by atoms with Crippen molar-refractivity contribution in [3.8, 4) is 0 Å². The van der Waals surface area contributed by atoms with Crippen LogP contribution in [0.4, 0.5) is 5.69 Å². The van der Waals surface area contributed by atoms with Gasteiger partial charge in [-0.25, -0.2) is 15.0 Å². The lowest BCUT2D eigenvalue weighted by Crippen LogP contribution is -2.19. The second kappa shape index (κ2) is 7.89. The van der Waals surface area contributed by atoms with Gasteiger partial charge in [-0.05, 0) is 29.8 Å². The number of amides is 1. The maximum atomic E-state index is 13.1. The lowest BCUT2D eigenvalue weighted by molar-refractivity contribution is -0.115. The molecule has 1 unspecified atom stereocenters. The smallest absolute Gasteiger partial charge is 0.242 e. The van der Waals surface area contributed by atoms with Gasteiger partial charge in [-0.1, -0.05) is 58.0 Å². The lowest BCUT2D eigenvalue weighted by Gasteiger charge is -2.17. The van der Waals surface area contributed by atoms with E-state index in [1.54, 1.807) is 6.33 Å². The van der Waals surface area contributed by atoms with E-state index in [0.717, 1.165) is 21.2 Å². The van der Waals surface area contributed by atoms with Gasteiger partial charge in [-0.2, -0.15) is 0 Å². The summed E-state index contributed by atoms with van der Waals surface area (Å²) < 4.78 is 0.956. The molecule has 27 heavy (non-hydrogen) atoms. The Morgan fingerprint density at radius 2 is 1.81 bits per heavy atom. The predicted molar refractivity (Wildman–Crippen MR) is 109 cm³/mol. The van der Waals surface area contributed by atoms with Crippen molar-refractivity contribution in [1.29, 1.82) is 0 Å². The van der Waals surface area contributed by atoms with Crippen LogP contribution in [0.5, 0.6) is 0 Å². The van der Waals surface area contributed by atoms with Crippen LogP contribution >= 0.6 is 27.7 Å². The van der Waals surface area contributed by atoms with Crippen LogP contribution in [0.2, 0.25) is 0 Å². The zero-order valence-corrected chi connectivity index (χ0v) is 16.4. The fourth-order valence-electron chi connectivity index (χ4n) is 2.59. The van der Waals surface area contributed by atoms with Gasteiger partial charge in [0.1, 0.15) is 22.1 Å². The van der Waals surface area contributed by atoms with Gasteiger partial charge in [0.2, 0.25) is 5.91 Å². The molecule has 2 aromatic carbocycles. The Balaban J connectivity index is 1.66. The number of aromatic nitrogens is 4. The number of imidazole rings is 1. The number of aromatic amines is 1. The highest BCUT2D eigenvalue weighted by molar-refractivity contribution is 9.10. The van der Waals surface area contributed by atoms with Crippen molar-refractivity contribution in [2.75, 3.05) is 5.32 Å². The highest BCUT2D eigenvalue weighted by atomic mass is 79.9. The topological polar surface area (TPSA) is 83.6 Å². The van der Waals surface area contributed by atoms with Crippen molar-refractivity contribution in [1.82, 2.24) is 19.9 Å². The van der Waals surface area contributed by atoms with E-state index in [1.165, 1.54) is 18.1 Å². The van der Waals surface area contributed by atoms with E-state index < -0.39 is 5.25 Å². The SMILES string of the molecule is O=C(Nc1ccc(Br)cc1)C(Sc1ncnc2nc[nH]c12)c1ccccc1. The minimum Gasteiger partial charge on any atom is -0.341 e. The summed E-state index contributed by atoms with van der Waals surface area (Å²) in [7, 11) is 0. The molecule has 2 aromatic heterocycles. The first-order chi connectivity index (χ1) is 13.2. The summed E-state index contributed by atoms with van der Waals surface area (Å²) in [5, 5.41) is 3.18. The fraction of sp³-hybridized carbons (Fsp3) is 0.0526. The highest BCUT2D eigenvalue weighted by Gasteiger charge is 2.24. The largest absolute Gasteiger partial charge is 0.341 e. The number of nitrogens with one attached hydrogen (secondary N) is 2. The van der Waals surface area contributed by atoms with Crippen LogP contribution in [0.1, 0.15) is 10.8 Å². The van der Waals surface area contributed by atoms with E-state index in [2.05, 4.69) is 41.2 Å². The van der Waals surface area contributed by atoms with Gasteiger partial charge in [0.25, 0.3) is 0 Å². The van der Waals surface area contributed by atoms with Crippen LogP contribution in [-0.4, -0.2) is 25.8 Å². The van der Waals surface area contributed by atoms with Crippen LogP contribution in [0.3, 0.4) is 0 Å². The number of hydrogen-bond acceptors (Lipinski definition) is 5. The number of thioether (sulfide) groups is 1. The number of H-pyrrole nitrogens is 1. The Morgan fingerprint density at radius 3 is 2.59 bits per heavy atom. The van der Waals surface area contributed by atoms with E-state index in [-0.39, 0.29) is 5.91 Å². The highest BCUT2D eigenvalue weighted by Crippen LogP contribution is 2.37. The quantitative estimate of drug-likeness (QED) is 0.351. The van der Waals surface area contributed by atoms with Gasteiger partial charge >= 0.3 is 0 Å². The Bertz CT molecular complexity index is 1070. The molecular weight excluding hydrogens is 426 g/mol. The molecule has 4 rings (SSSR count). The summed E-state index contributed by atoms with van der Waals surface area (Å²) in [4.78, 5) is 28.7. The molecule has 0 aliphatic rings. The van der Waals surface area contributed by atoms with Crippen LogP contribution in [-0.2, 0) is 4.79 Å². The number of benzene rings is 2. The molecule has 0 aliphatic carbocycles. The number of hydrogen-bond donors (Lipinski definition) is 2. The monoisotopic (exact) mass is 439 g/mol. The van der Waals surface area contributed by atoms with Gasteiger partial charge in [0.05, 0.1) is 6.33 Å². The zero-order valence-electron chi connectivity index (χ0n) is 14.0. The van der Waals surface area contributed by atoms with Gasteiger partial charge in [-0.3, -0.25) is 4.79 Å². The lowest BCUT2D eigenvalue weighted by atomic mass is 10.1. The van der Waals surface area contributed by atoms with Crippen molar-refractivity contribution in [3.05, 3.63) is 77.3 Å². The van der Waals surface area contributed by atoms with Gasteiger partial charge in [0.15, 0.2) is 5.65 Å². The van der Waals surface area contributed by atoms with E-state index in [9.17, 15) is 4.79 Å². The first-order valence-corrected chi connectivity index (χ1v) is 9.80. The molecule has 0 aliphatic heterocycles. The van der Waals surface area contributed by atoms with Crippen LogP contribution in [0.15, 0.2) is 76.8 Å².